The van der Waals surface area contributed by atoms with E-state index in [0.717, 1.165) is 12.8 Å². The van der Waals surface area contributed by atoms with Crippen molar-refractivity contribution < 1.29 is 18.8 Å². The molecule has 0 aliphatic heterocycles. The van der Waals surface area contributed by atoms with E-state index in [2.05, 4.69) is 6.92 Å². The van der Waals surface area contributed by atoms with Crippen LogP contribution in [0.2, 0.25) is 19.6 Å². The predicted molar refractivity (Wildman–Crippen MR) is 98.9 cm³/mol. The minimum absolute atomic E-state index is 0.284. The molecule has 0 heterocycles. The maximum Gasteiger partial charge on any atom is 0.339 e. The van der Waals surface area contributed by atoms with E-state index in [4.69, 9.17) is 9.16 Å². The zero-order valence-corrected chi connectivity index (χ0v) is 16.4. The first kappa shape index (κ1) is 20.4. The molecule has 1 aromatic rings. The van der Waals surface area contributed by atoms with Gasteiger partial charge < -0.3 is 9.16 Å². The fourth-order valence-corrected chi connectivity index (χ4v) is 2.96. The Morgan fingerprint density at radius 2 is 1.42 bits per heavy atom. The fourth-order valence-electron chi connectivity index (χ4n) is 2.30. The Hall–Kier alpha value is -1.62. The Bertz CT molecular complexity index is 534. The number of carbonyl (C=O) groups excluding carboxylic acids is 2. The number of rotatable bonds is 10. The number of hydrogen-bond acceptors (Lipinski definition) is 4. The third-order valence-corrected chi connectivity index (χ3v) is 4.29. The van der Waals surface area contributed by atoms with E-state index in [1.54, 1.807) is 24.3 Å². The molecule has 1 rings (SSSR count). The van der Waals surface area contributed by atoms with Gasteiger partial charge in [0.05, 0.1) is 17.7 Å². The Morgan fingerprint density at radius 3 is 2.00 bits per heavy atom. The minimum Gasteiger partial charge on any atom is -0.516 e. The minimum atomic E-state index is -2.01. The van der Waals surface area contributed by atoms with Crippen LogP contribution in [0.4, 0.5) is 0 Å². The molecule has 1 aromatic carbocycles. The molecular formula is C19H30O4Si. The molecular weight excluding hydrogens is 320 g/mol. The molecule has 0 amide bonds. The van der Waals surface area contributed by atoms with Crippen LogP contribution in [0.5, 0.6) is 0 Å². The SMILES string of the molecule is CCCCCCCCOC(=O)c1ccccc1C(=O)O[Si](C)(C)C. The molecule has 0 aliphatic carbocycles. The highest BCUT2D eigenvalue weighted by atomic mass is 28.4. The van der Waals surface area contributed by atoms with Crippen LogP contribution in [-0.4, -0.2) is 26.9 Å². The second-order valence-corrected chi connectivity index (χ2v) is 11.4. The van der Waals surface area contributed by atoms with E-state index < -0.39 is 20.3 Å². The molecule has 0 aliphatic rings. The molecule has 0 saturated heterocycles. The van der Waals surface area contributed by atoms with Crippen LogP contribution in [0.3, 0.4) is 0 Å². The van der Waals surface area contributed by atoms with E-state index in [1.807, 2.05) is 19.6 Å². The number of hydrogen-bond donors (Lipinski definition) is 0. The number of carbonyl (C=O) groups is 2. The van der Waals surface area contributed by atoms with E-state index in [-0.39, 0.29) is 11.1 Å². The van der Waals surface area contributed by atoms with Crippen LogP contribution in [0.25, 0.3) is 0 Å². The van der Waals surface area contributed by atoms with Gasteiger partial charge in [0.1, 0.15) is 0 Å². The van der Waals surface area contributed by atoms with Gasteiger partial charge >= 0.3 is 11.9 Å². The summed E-state index contributed by atoms with van der Waals surface area (Å²) >= 11 is 0. The molecule has 0 radical (unpaired) electrons. The van der Waals surface area contributed by atoms with Gasteiger partial charge in [0, 0.05) is 0 Å². The standard InChI is InChI=1S/C19H30O4Si/c1-5-6-7-8-9-12-15-22-18(20)16-13-10-11-14-17(16)19(21)23-24(2,3)4/h10-11,13-14H,5-9,12,15H2,1-4H3. The highest BCUT2D eigenvalue weighted by molar-refractivity contribution is 6.71. The summed E-state index contributed by atoms with van der Waals surface area (Å²) in [4.78, 5) is 24.5. The number of esters is 1. The van der Waals surface area contributed by atoms with Gasteiger partial charge in [0.2, 0.25) is 8.32 Å². The van der Waals surface area contributed by atoms with Crippen molar-refractivity contribution in [2.75, 3.05) is 6.61 Å². The number of ether oxygens (including phenoxy) is 1. The highest BCUT2D eigenvalue weighted by Crippen LogP contribution is 2.15. The topological polar surface area (TPSA) is 52.6 Å². The molecule has 0 bridgehead atoms. The Balaban J connectivity index is 2.54. The van der Waals surface area contributed by atoms with Gasteiger partial charge in [-0.2, -0.15) is 0 Å². The first-order chi connectivity index (χ1) is 11.3. The molecule has 0 spiro atoms. The van der Waals surface area contributed by atoms with Gasteiger partial charge in [0.25, 0.3) is 0 Å². The lowest BCUT2D eigenvalue weighted by Gasteiger charge is -2.18. The van der Waals surface area contributed by atoms with Crippen LogP contribution in [-0.2, 0) is 9.16 Å². The molecule has 134 valence electrons. The molecule has 24 heavy (non-hydrogen) atoms. The average molecular weight is 351 g/mol. The summed E-state index contributed by atoms with van der Waals surface area (Å²) < 4.78 is 10.8. The first-order valence-electron chi connectivity index (χ1n) is 8.84. The van der Waals surface area contributed by atoms with Crippen LogP contribution in [0, 0.1) is 0 Å². The molecule has 0 fully saturated rings. The summed E-state index contributed by atoms with van der Waals surface area (Å²) in [5, 5.41) is 0. The van der Waals surface area contributed by atoms with Gasteiger partial charge in [-0.1, -0.05) is 51.2 Å². The second-order valence-electron chi connectivity index (χ2n) is 6.95. The van der Waals surface area contributed by atoms with Crippen molar-refractivity contribution in [3.63, 3.8) is 0 Å². The van der Waals surface area contributed by atoms with Crippen molar-refractivity contribution >= 4 is 20.3 Å². The molecule has 0 saturated carbocycles. The zero-order valence-electron chi connectivity index (χ0n) is 15.4. The van der Waals surface area contributed by atoms with Crippen molar-refractivity contribution in [1.82, 2.24) is 0 Å². The van der Waals surface area contributed by atoms with Crippen LogP contribution in [0.1, 0.15) is 66.2 Å². The van der Waals surface area contributed by atoms with Gasteiger partial charge in [0.15, 0.2) is 0 Å². The fraction of sp³-hybridized carbons (Fsp3) is 0.579. The summed E-state index contributed by atoms with van der Waals surface area (Å²) in [7, 11) is -2.01. The van der Waals surface area contributed by atoms with Crippen LogP contribution < -0.4 is 0 Å². The highest BCUT2D eigenvalue weighted by Gasteiger charge is 2.24. The molecule has 0 atom stereocenters. The molecule has 4 nitrogen and oxygen atoms in total. The van der Waals surface area contributed by atoms with Crippen LogP contribution in [0.15, 0.2) is 24.3 Å². The number of unbranched alkanes of at least 4 members (excludes halogenated alkanes) is 5. The predicted octanol–water partition coefficient (Wildman–Crippen LogP) is 5.20. The van der Waals surface area contributed by atoms with E-state index in [9.17, 15) is 9.59 Å². The largest absolute Gasteiger partial charge is 0.516 e. The lowest BCUT2D eigenvalue weighted by Crippen LogP contribution is -2.30. The van der Waals surface area contributed by atoms with Crippen molar-refractivity contribution in [3.8, 4) is 0 Å². The first-order valence-corrected chi connectivity index (χ1v) is 12.3. The maximum absolute atomic E-state index is 12.3. The lowest BCUT2D eigenvalue weighted by molar-refractivity contribution is 0.0489. The van der Waals surface area contributed by atoms with Crippen molar-refractivity contribution in [2.45, 2.75) is 65.1 Å². The van der Waals surface area contributed by atoms with Gasteiger partial charge in [-0.15, -0.1) is 0 Å². The Kier molecular flexibility index (Phi) is 8.75. The van der Waals surface area contributed by atoms with Crippen molar-refractivity contribution in [2.24, 2.45) is 0 Å². The lowest BCUT2D eigenvalue weighted by atomic mass is 10.1. The zero-order chi connectivity index (χ0) is 18.0. The second kappa shape index (κ2) is 10.3. The van der Waals surface area contributed by atoms with Crippen LogP contribution >= 0.6 is 0 Å². The summed E-state index contributed by atoms with van der Waals surface area (Å²) in [6.45, 7) is 8.38. The third-order valence-electron chi connectivity index (χ3n) is 3.50. The van der Waals surface area contributed by atoms with Gasteiger partial charge in [-0.25, -0.2) is 9.59 Å². The maximum atomic E-state index is 12.3. The molecule has 0 N–H and O–H groups in total. The monoisotopic (exact) mass is 350 g/mol. The Labute approximate surface area is 146 Å². The molecule has 5 heteroatoms. The summed E-state index contributed by atoms with van der Waals surface area (Å²) in [5.41, 5.74) is 0.569. The van der Waals surface area contributed by atoms with Gasteiger partial charge in [-0.3, -0.25) is 0 Å². The quantitative estimate of drug-likeness (QED) is 0.331. The normalized spacial score (nSPS) is 11.2. The molecule has 0 aromatic heterocycles. The van der Waals surface area contributed by atoms with Gasteiger partial charge in [-0.05, 0) is 38.2 Å². The van der Waals surface area contributed by atoms with E-state index >= 15 is 0 Å². The summed E-state index contributed by atoms with van der Waals surface area (Å²) in [6.07, 6.45) is 6.80. The smallest absolute Gasteiger partial charge is 0.339 e. The molecule has 0 unspecified atom stereocenters. The number of benzene rings is 1. The van der Waals surface area contributed by atoms with E-state index in [1.165, 1.54) is 25.7 Å². The third kappa shape index (κ3) is 7.77. The summed E-state index contributed by atoms with van der Waals surface area (Å²) in [6, 6.07) is 6.69. The van der Waals surface area contributed by atoms with E-state index in [0.29, 0.717) is 6.61 Å². The van der Waals surface area contributed by atoms with Crippen molar-refractivity contribution in [1.29, 1.82) is 0 Å². The summed E-state index contributed by atoms with van der Waals surface area (Å²) in [5.74, 6) is -0.895. The average Bonchev–Trinajstić information content (AvgIpc) is 2.52. The Morgan fingerprint density at radius 1 is 0.875 bits per heavy atom. The van der Waals surface area contributed by atoms with Crippen molar-refractivity contribution in [3.05, 3.63) is 35.4 Å².